The number of thioether (sulfide) groups is 1. The Bertz CT molecular complexity index is 551. The zero-order valence-electron chi connectivity index (χ0n) is 9.48. The summed E-state index contributed by atoms with van der Waals surface area (Å²) in [5, 5.41) is 8.90. The summed E-state index contributed by atoms with van der Waals surface area (Å²) >= 11 is 1.29. The SMILES string of the molecule is NC(=O)Oc1nc(=O)n([C@@H]2CS[C@H](CO)O2)cc1F. The van der Waals surface area contributed by atoms with Gasteiger partial charge in [0.05, 0.1) is 12.8 Å². The van der Waals surface area contributed by atoms with Gasteiger partial charge in [0.25, 0.3) is 5.88 Å². The van der Waals surface area contributed by atoms with Crippen molar-refractivity contribution >= 4 is 17.9 Å². The maximum atomic E-state index is 13.6. The number of nitrogens with two attached hydrogens (primary N) is 1. The van der Waals surface area contributed by atoms with E-state index in [2.05, 4.69) is 9.72 Å². The lowest BCUT2D eigenvalue weighted by Gasteiger charge is -2.14. The molecule has 0 spiro atoms. The van der Waals surface area contributed by atoms with E-state index in [1.54, 1.807) is 0 Å². The Balaban J connectivity index is 2.26. The number of carbonyl (C=O) groups excluding carboxylic acids is 1. The normalized spacial score (nSPS) is 22.4. The van der Waals surface area contributed by atoms with Crippen molar-refractivity contribution in [3.05, 3.63) is 22.5 Å². The molecule has 3 N–H and O–H groups in total. The summed E-state index contributed by atoms with van der Waals surface area (Å²) in [4.78, 5) is 25.4. The van der Waals surface area contributed by atoms with Crippen LogP contribution in [0.25, 0.3) is 0 Å². The third-order valence-corrected chi connectivity index (χ3v) is 3.37. The Hall–Kier alpha value is -1.65. The molecule has 1 aliphatic rings. The van der Waals surface area contributed by atoms with Gasteiger partial charge in [-0.25, -0.2) is 9.59 Å². The van der Waals surface area contributed by atoms with E-state index in [1.165, 1.54) is 11.8 Å². The molecule has 1 saturated heterocycles. The van der Waals surface area contributed by atoms with Crippen LogP contribution in [-0.2, 0) is 4.74 Å². The number of aliphatic hydroxyl groups excluding tert-OH is 1. The summed E-state index contributed by atoms with van der Waals surface area (Å²) in [7, 11) is 0. The number of primary amides is 1. The quantitative estimate of drug-likeness (QED) is 0.765. The number of aromatic nitrogens is 2. The van der Waals surface area contributed by atoms with Crippen molar-refractivity contribution < 1.29 is 23.8 Å². The predicted molar refractivity (Wildman–Crippen MR) is 62.1 cm³/mol. The summed E-state index contributed by atoms with van der Waals surface area (Å²) in [5.74, 6) is -1.43. The van der Waals surface area contributed by atoms with Crippen LogP contribution in [0.1, 0.15) is 6.23 Å². The first kappa shape index (κ1) is 13.8. The molecule has 104 valence electrons. The van der Waals surface area contributed by atoms with Crippen LogP contribution in [0.15, 0.2) is 11.0 Å². The first-order valence-electron chi connectivity index (χ1n) is 5.15. The molecule has 2 rings (SSSR count). The van der Waals surface area contributed by atoms with Crippen LogP contribution in [0.5, 0.6) is 5.88 Å². The van der Waals surface area contributed by atoms with Gasteiger partial charge in [0.15, 0.2) is 0 Å². The highest BCUT2D eigenvalue weighted by atomic mass is 32.2. The Morgan fingerprint density at radius 1 is 1.79 bits per heavy atom. The van der Waals surface area contributed by atoms with Crippen molar-refractivity contribution in [3.63, 3.8) is 0 Å². The fourth-order valence-corrected chi connectivity index (χ4v) is 2.42. The van der Waals surface area contributed by atoms with E-state index in [-0.39, 0.29) is 6.61 Å². The van der Waals surface area contributed by atoms with Gasteiger partial charge in [0, 0.05) is 5.75 Å². The van der Waals surface area contributed by atoms with E-state index in [4.69, 9.17) is 15.6 Å². The summed E-state index contributed by atoms with van der Waals surface area (Å²) in [6, 6.07) is 0. The molecule has 8 nitrogen and oxygen atoms in total. The van der Waals surface area contributed by atoms with Crippen molar-refractivity contribution in [1.29, 1.82) is 0 Å². The number of aliphatic hydroxyl groups is 1. The van der Waals surface area contributed by atoms with Crippen LogP contribution in [0.4, 0.5) is 9.18 Å². The van der Waals surface area contributed by atoms with Gasteiger partial charge in [-0.3, -0.25) is 4.57 Å². The molecule has 10 heteroatoms. The molecule has 1 aromatic rings. The zero-order chi connectivity index (χ0) is 14.0. The molecule has 19 heavy (non-hydrogen) atoms. The first-order valence-corrected chi connectivity index (χ1v) is 6.20. The number of hydrogen-bond donors (Lipinski definition) is 2. The van der Waals surface area contributed by atoms with Gasteiger partial charge in [0.1, 0.15) is 11.7 Å². The van der Waals surface area contributed by atoms with Crippen molar-refractivity contribution in [1.82, 2.24) is 9.55 Å². The van der Waals surface area contributed by atoms with Crippen molar-refractivity contribution in [2.45, 2.75) is 11.7 Å². The van der Waals surface area contributed by atoms with E-state index in [0.717, 1.165) is 10.8 Å². The molecule has 2 atom stereocenters. The standard InChI is InChI=1S/C9H10FN3O5S/c10-4-1-13(5-3-19-6(2-14)17-5)9(16)12-7(4)18-8(11)15/h1,5-6,14H,2-3H2,(H2,11,15)/t5-,6+/m0/s1. The zero-order valence-corrected chi connectivity index (χ0v) is 10.3. The van der Waals surface area contributed by atoms with Crippen LogP contribution < -0.4 is 16.2 Å². The van der Waals surface area contributed by atoms with Gasteiger partial charge in [-0.15, -0.1) is 11.8 Å². The summed E-state index contributed by atoms with van der Waals surface area (Å²) in [6.07, 6.45) is -1.19. The van der Waals surface area contributed by atoms with Crippen LogP contribution in [-0.4, -0.2) is 38.5 Å². The lowest BCUT2D eigenvalue weighted by molar-refractivity contribution is -0.00701. The Morgan fingerprint density at radius 3 is 3.11 bits per heavy atom. The highest BCUT2D eigenvalue weighted by Gasteiger charge is 2.28. The molecular formula is C9H10FN3O5S. The van der Waals surface area contributed by atoms with Gasteiger partial charge in [-0.05, 0) is 0 Å². The fourth-order valence-electron chi connectivity index (χ4n) is 1.49. The molecule has 0 radical (unpaired) electrons. The van der Waals surface area contributed by atoms with E-state index < -0.39 is 35.1 Å². The second-order valence-corrected chi connectivity index (χ2v) is 4.73. The third-order valence-electron chi connectivity index (χ3n) is 2.26. The molecule has 1 amide bonds. The number of hydrogen-bond acceptors (Lipinski definition) is 7. The molecule has 1 fully saturated rings. The molecule has 1 aromatic heterocycles. The third kappa shape index (κ3) is 3.03. The number of halogens is 1. The van der Waals surface area contributed by atoms with E-state index in [1.807, 2.05) is 0 Å². The topological polar surface area (TPSA) is 117 Å². The van der Waals surface area contributed by atoms with E-state index in [0.29, 0.717) is 5.75 Å². The second-order valence-electron chi connectivity index (χ2n) is 3.54. The van der Waals surface area contributed by atoms with Gasteiger partial charge >= 0.3 is 11.8 Å². The molecule has 0 bridgehead atoms. The van der Waals surface area contributed by atoms with Crippen LogP contribution in [0.2, 0.25) is 0 Å². The molecule has 0 aliphatic carbocycles. The molecule has 1 aliphatic heterocycles. The number of amides is 1. The van der Waals surface area contributed by atoms with Crippen molar-refractivity contribution in [3.8, 4) is 5.88 Å². The van der Waals surface area contributed by atoms with Gasteiger partial charge in [-0.2, -0.15) is 9.37 Å². The minimum atomic E-state index is -1.27. The summed E-state index contributed by atoms with van der Waals surface area (Å²) < 4.78 is 24.0. The van der Waals surface area contributed by atoms with E-state index >= 15 is 0 Å². The minimum absolute atomic E-state index is 0.214. The molecule has 2 heterocycles. The molecular weight excluding hydrogens is 281 g/mol. The maximum Gasteiger partial charge on any atom is 0.411 e. The molecule has 0 aromatic carbocycles. The van der Waals surface area contributed by atoms with Crippen LogP contribution in [0.3, 0.4) is 0 Å². The molecule has 0 unspecified atom stereocenters. The highest BCUT2D eigenvalue weighted by molar-refractivity contribution is 8.00. The van der Waals surface area contributed by atoms with Gasteiger partial charge < -0.3 is 20.3 Å². The Labute approximate surface area is 110 Å². The number of carbonyl (C=O) groups is 1. The average molecular weight is 291 g/mol. The average Bonchev–Trinajstić information content (AvgIpc) is 2.81. The lowest BCUT2D eigenvalue weighted by Crippen LogP contribution is -2.30. The smallest absolute Gasteiger partial charge is 0.393 e. The first-order chi connectivity index (χ1) is 9.01. The van der Waals surface area contributed by atoms with Crippen LogP contribution in [0, 0.1) is 5.82 Å². The molecule has 0 saturated carbocycles. The highest BCUT2D eigenvalue weighted by Crippen LogP contribution is 2.30. The minimum Gasteiger partial charge on any atom is -0.393 e. The number of nitrogens with zero attached hydrogens (tertiary/aromatic N) is 2. The predicted octanol–water partition coefficient (Wildman–Crippen LogP) is -0.580. The summed E-state index contributed by atoms with van der Waals surface area (Å²) in [6.45, 7) is -0.214. The lowest BCUT2D eigenvalue weighted by atomic mass is 10.5. The largest absolute Gasteiger partial charge is 0.411 e. The maximum absolute atomic E-state index is 13.6. The fraction of sp³-hybridized carbons (Fsp3) is 0.444. The van der Waals surface area contributed by atoms with Gasteiger partial charge in [0.2, 0.25) is 5.82 Å². The Morgan fingerprint density at radius 2 is 2.53 bits per heavy atom. The van der Waals surface area contributed by atoms with Crippen LogP contribution >= 0.6 is 11.8 Å². The summed E-state index contributed by atoms with van der Waals surface area (Å²) in [5.41, 5.74) is 3.39. The Kier molecular flexibility index (Phi) is 4.02. The van der Waals surface area contributed by atoms with Gasteiger partial charge in [-0.1, -0.05) is 0 Å². The van der Waals surface area contributed by atoms with E-state index in [9.17, 15) is 14.0 Å². The van der Waals surface area contributed by atoms with Crippen molar-refractivity contribution in [2.24, 2.45) is 5.73 Å². The number of rotatable bonds is 3. The monoisotopic (exact) mass is 291 g/mol. The van der Waals surface area contributed by atoms with Crippen molar-refractivity contribution in [2.75, 3.05) is 12.4 Å². The second kappa shape index (κ2) is 5.55. The number of ether oxygens (including phenoxy) is 2.